The zero-order valence-electron chi connectivity index (χ0n) is 19.1. The number of nitrogens with one attached hydrogen (secondary N) is 1. The third-order valence-corrected chi connectivity index (χ3v) is 9.28. The maximum atomic E-state index is 12.3. The molecule has 6 heteroatoms. The number of amides is 1. The van der Waals surface area contributed by atoms with Gasteiger partial charge in [-0.1, -0.05) is 27.7 Å². The fourth-order valence-corrected chi connectivity index (χ4v) is 7.35. The Labute approximate surface area is 183 Å². The van der Waals surface area contributed by atoms with Crippen LogP contribution < -0.4 is 10.1 Å². The van der Waals surface area contributed by atoms with Crippen LogP contribution in [0.1, 0.15) is 81.8 Å². The Kier molecular flexibility index (Phi) is 4.26. The van der Waals surface area contributed by atoms with Crippen LogP contribution in [0, 0.1) is 22.7 Å². The van der Waals surface area contributed by atoms with E-state index in [2.05, 4.69) is 33.0 Å². The van der Waals surface area contributed by atoms with Crippen molar-refractivity contribution in [3.63, 3.8) is 0 Å². The van der Waals surface area contributed by atoms with Gasteiger partial charge in [-0.05, 0) is 44.1 Å². The predicted molar refractivity (Wildman–Crippen MR) is 115 cm³/mol. The number of carbonyl (C=O) groups excluding carboxylic acids is 2. The molecule has 6 nitrogen and oxygen atoms in total. The lowest BCUT2D eigenvalue weighted by Crippen LogP contribution is -2.70. The van der Waals surface area contributed by atoms with Crippen molar-refractivity contribution in [1.82, 2.24) is 5.32 Å². The SMILES string of the molecule is CC(=O)OC1CCC23Oc4c(c(O)cc5c4CNC5=O)CC2(C)C(C)CCC3C1(C)C. The van der Waals surface area contributed by atoms with Gasteiger partial charge >= 0.3 is 5.97 Å². The molecule has 168 valence electrons. The van der Waals surface area contributed by atoms with Gasteiger partial charge in [0.05, 0.1) is 5.56 Å². The number of phenols is 1. The molecule has 1 spiro atoms. The van der Waals surface area contributed by atoms with E-state index in [1.165, 1.54) is 6.92 Å². The Morgan fingerprint density at radius 2 is 1.97 bits per heavy atom. The number of ether oxygens (including phenoxy) is 2. The fourth-order valence-electron chi connectivity index (χ4n) is 7.35. The molecule has 2 heterocycles. The highest BCUT2D eigenvalue weighted by atomic mass is 16.5. The van der Waals surface area contributed by atoms with Crippen molar-refractivity contribution < 1.29 is 24.2 Å². The number of hydrogen-bond donors (Lipinski definition) is 2. The quantitative estimate of drug-likeness (QED) is 0.659. The van der Waals surface area contributed by atoms with E-state index < -0.39 is 5.60 Å². The van der Waals surface area contributed by atoms with Crippen molar-refractivity contribution in [2.75, 3.05) is 0 Å². The summed E-state index contributed by atoms with van der Waals surface area (Å²) in [6.07, 6.45) is 4.21. The Hall–Kier alpha value is -2.24. The zero-order valence-corrected chi connectivity index (χ0v) is 19.1. The standard InChI is InChI=1S/C25H33NO5/c1-13-6-7-19-23(3,4)20(30-14(2)27)8-9-25(19)24(13,5)11-16-18(28)10-15-17(21(16)31-25)12-26-22(15)29/h10,13,19-20,28H,6-9,11-12H2,1-5H3,(H,26,29). The molecule has 5 rings (SSSR count). The van der Waals surface area contributed by atoms with Gasteiger partial charge in [-0.15, -0.1) is 0 Å². The van der Waals surface area contributed by atoms with E-state index in [0.717, 1.165) is 43.2 Å². The van der Waals surface area contributed by atoms with Crippen LogP contribution in [0.25, 0.3) is 0 Å². The molecule has 5 unspecified atom stereocenters. The zero-order chi connectivity index (χ0) is 22.3. The summed E-state index contributed by atoms with van der Waals surface area (Å²) in [6, 6.07) is 1.60. The van der Waals surface area contributed by atoms with Gasteiger partial charge in [0.1, 0.15) is 23.2 Å². The van der Waals surface area contributed by atoms with E-state index in [-0.39, 0.29) is 40.5 Å². The van der Waals surface area contributed by atoms with E-state index >= 15 is 0 Å². The monoisotopic (exact) mass is 427 g/mol. The van der Waals surface area contributed by atoms with Gasteiger partial charge in [0.25, 0.3) is 5.91 Å². The minimum Gasteiger partial charge on any atom is -0.508 e. The van der Waals surface area contributed by atoms with Crippen LogP contribution in [0.4, 0.5) is 0 Å². The molecule has 0 saturated heterocycles. The van der Waals surface area contributed by atoms with Crippen molar-refractivity contribution in [1.29, 1.82) is 0 Å². The highest BCUT2D eigenvalue weighted by Gasteiger charge is 2.68. The number of esters is 1. The van der Waals surface area contributed by atoms with Crippen LogP contribution in [0.15, 0.2) is 6.07 Å². The Bertz CT molecular complexity index is 985. The third kappa shape index (κ3) is 2.56. The van der Waals surface area contributed by atoms with E-state index in [9.17, 15) is 14.7 Å². The van der Waals surface area contributed by atoms with E-state index in [1.54, 1.807) is 6.07 Å². The lowest BCUT2D eigenvalue weighted by atomic mass is 9.43. The molecule has 1 amide bonds. The van der Waals surface area contributed by atoms with Crippen LogP contribution in [-0.4, -0.2) is 28.7 Å². The summed E-state index contributed by atoms with van der Waals surface area (Å²) in [4.78, 5) is 24.1. The molecule has 4 aliphatic rings. The van der Waals surface area contributed by atoms with Crippen molar-refractivity contribution in [3.05, 3.63) is 22.8 Å². The molecular weight excluding hydrogens is 394 g/mol. The molecule has 1 aromatic rings. The normalized spacial score (nSPS) is 37.5. The molecule has 2 N–H and O–H groups in total. The second-order valence-electron chi connectivity index (χ2n) is 11.0. The van der Waals surface area contributed by atoms with Gasteiger partial charge in [0.15, 0.2) is 0 Å². The molecule has 2 aliphatic carbocycles. The molecule has 0 radical (unpaired) electrons. The highest BCUT2D eigenvalue weighted by Crippen LogP contribution is 2.67. The Morgan fingerprint density at radius 1 is 1.23 bits per heavy atom. The number of phenolic OH excluding ortho intramolecular Hbond substituents is 1. The molecule has 1 aromatic carbocycles. The number of aromatic hydroxyl groups is 1. The van der Waals surface area contributed by atoms with Gasteiger partial charge in [-0.25, -0.2) is 0 Å². The van der Waals surface area contributed by atoms with E-state index in [1.807, 2.05) is 0 Å². The lowest BCUT2D eigenvalue weighted by Gasteiger charge is -2.67. The summed E-state index contributed by atoms with van der Waals surface area (Å²) in [5.74, 6) is 1.09. The maximum Gasteiger partial charge on any atom is 0.302 e. The first-order valence-electron chi connectivity index (χ1n) is 11.5. The lowest BCUT2D eigenvalue weighted by molar-refractivity contribution is -0.238. The predicted octanol–water partition coefficient (Wildman–Crippen LogP) is 4.11. The molecule has 0 bridgehead atoms. The van der Waals surface area contributed by atoms with Gasteiger partial charge in [-0.3, -0.25) is 9.59 Å². The number of benzene rings is 1. The highest BCUT2D eigenvalue weighted by molar-refractivity contribution is 6.00. The second kappa shape index (κ2) is 6.39. The first-order chi connectivity index (χ1) is 14.5. The van der Waals surface area contributed by atoms with Crippen LogP contribution in [0.5, 0.6) is 11.5 Å². The number of carbonyl (C=O) groups is 2. The minimum atomic E-state index is -0.426. The second-order valence-corrected chi connectivity index (χ2v) is 11.0. The summed E-state index contributed by atoms with van der Waals surface area (Å²) in [6.45, 7) is 10.9. The van der Waals surface area contributed by atoms with Crippen molar-refractivity contribution >= 4 is 11.9 Å². The maximum absolute atomic E-state index is 12.3. The topological polar surface area (TPSA) is 84.9 Å². The Balaban J connectivity index is 1.67. The van der Waals surface area contributed by atoms with E-state index in [0.29, 0.717) is 23.8 Å². The first-order valence-corrected chi connectivity index (χ1v) is 11.5. The minimum absolute atomic E-state index is 0.138. The van der Waals surface area contributed by atoms with Crippen LogP contribution in [0.3, 0.4) is 0 Å². The summed E-state index contributed by atoms with van der Waals surface area (Å²) in [7, 11) is 0. The van der Waals surface area contributed by atoms with Crippen molar-refractivity contribution in [2.45, 2.75) is 85.0 Å². The third-order valence-electron chi connectivity index (χ3n) is 9.28. The molecule has 5 atom stereocenters. The van der Waals surface area contributed by atoms with Gasteiger partial charge in [0, 0.05) is 41.3 Å². The molecule has 2 saturated carbocycles. The molecule has 2 fully saturated rings. The van der Waals surface area contributed by atoms with Crippen molar-refractivity contribution in [2.24, 2.45) is 22.7 Å². The molecule has 2 aliphatic heterocycles. The molecular formula is C25H33NO5. The summed E-state index contributed by atoms with van der Waals surface area (Å²) >= 11 is 0. The summed E-state index contributed by atoms with van der Waals surface area (Å²) in [5, 5.41) is 13.7. The fraction of sp³-hybridized carbons (Fsp3) is 0.680. The molecule has 31 heavy (non-hydrogen) atoms. The van der Waals surface area contributed by atoms with Crippen LogP contribution >= 0.6 is 0 Å². The summed E-state index contributed by atoms with van der Waals surface area (Å²) in [5.41, 5.74) is 1.39. The summed E-state index contributed by atoms with van der Waals surface area (Å²) < 4.78 is 12.8. The van der Waals surface area contributed by atoms with Gasteiger partial charge in [-0.2, -0.15) is 0 Å². The first kappa shape index (κ1) is 20.7. The van der Waals surface area contributed by atoms with Crippen LogP contribution in [0.2, 0.25) is 0 Å². The number of rotatable bonds is 1. The molecule has 0 aromatic heterocycles. The van der Waals surface area contributed by atoms with Crippen molar-refractivity contribution in [3.8, 4) is 11.5 Å². The van der Waals surface area contributed by atoms with Gasteiger partial charge < -0.3 is 19.9 Å². The average Bonchev–Trinajstić information content (AvgIpc) is 3.05. The number of fused-ring (bicyclic) bond motifs is 3. The number of hydrogen-bond acceptors (Lipinski definition) is 5. The Morgan fingerprint density at radius 3 is 2.68 bits per heavy atom. The largest absolute Gasteiger partial charge is 0.508 e. The van der Waals surface area contributed by atoms with E-state index in [4.69, 9.17) is 9.47 Å². The van der Waals surface area contributed by atoms with Crippen LogP contribution in [-0.2, 0) is 22.5 Å². The van der Waals surface area contributed by atoms with Gasteiger partial charge in [0.2, 0.25) is 0 Å². The average molecular weight is 428 g/mol. The smallest absolute Gasteiger partial charge is 0.302 e.